The predicted molar refractivity (Wildman–Crippen MR) is 97.5 cm³/mol. The van der Waals surface area contributed by atoms with Gasteiger partial charge in [0, 0.05) is 5.92 Å². The molecule has 3 rings (SSSR count). The van der Waals surface area contributed by atoms with Gasteiger partial charge in [-0.05, 0) is 53.1 Å². The molecule has 0 radical (unpaired) electrons. The van der Waals surface area contributed by atoms with Crippen LogP contribution in [0.25, 0.3) is 0 Å². The van der Waals surface area contributed by atoms with Gasteiger partial charge in [0.25, 0.3) is 0 Å². The number of rotatable bonds is 5. The summed E-state index contributed by atoms with van der Waals surface area (Å²) in [7, 11) is 0. The molecule has 0 amide bonds. The number of phenolic OH excluding ortho intramolecular Hbond substituents is 2. The summed E-state index contributed by atoms with van der Waals surface area (Å²) in [6.45, 7) is 0. The molecular formula is C21H16O6. The van der Waals surface area contributed by atoms with Crippen LogP contribution in [-0.2, 0) is 0 Å². The SMILES string of the molecule is O=C(O)c1ccc(C(c2ccc(O)cc2)c2ccc(O)cc2)c(C(=O)O)c1. The number of aromatic hydroxyl groups is 2. The Hall–Kier alpha value is -3.80. The summed E-state index contributed by atoms with van der Waals surface area (Å²) in [5, 5.41) is 37.9. The average Bonchev–Trinajstić information content (AvgIpc) is 2.65. The van der Waals surface area contributed by atoms with E-state index in [1.165, 1.54) is 36.4 Å². The smallest absolute Gasteiger partial charge is 0.336 e. The molecule has 0 atom stereocenters. The number of hydrogen-bond acceptors (Lipinski definition) is 4. The van der Waals surface area contributed by atoms with Gasteiger partial charge in [-0.2, -0.15) is 0 Å². The first-order valence-corrected chi connectivity index (χ1v) is 8.05. The number of carbonyl (C=O) groups is 2. The van der Waals surface area contributed by atoms with Crippen molar-refractivity contribution in [3.8, 4) is 11.5 Å². The molecule has 0 aromatic heterocycles. The number of benzene rings is 3. The van der Waals surface area contributed by atoms with Crippen LogP contribution in [0, 0.1) is 0 Å². The number of carboxylic acids is 2. The van der Waals surface area contributed by atoms with Gasteiger partial charge in [0.2, 0.25) is 0 Å². The fourth-order valence-corrected chi connectivity index (χ4v) is 3.01. The first kappa shape index (κ1) is 18.0. The molecule has 0 aliphatic rings. The molecule has 0 saturated heterocycles. The molecule has 0 bridgehead atoms. The lowest BCUT2D eigenvalue weighted by Gasteiger charge is -2.21. The molecule has 0 spiro atoms. The van der Waals surface area contributed by atoms with E-state index in [1.54, 1.807) is 24.3 Å². The maximum Gasteiger partial charge on any atom is 0.336 e. The third-order valence-corrected chi connectivity index (χ3v) is 4.29. The van der Waals surface area contributed by atoms with Gasteiger partial charge >= 0.3 is 11.9 Å². The Kier molecular flexibility index (Phi) is 4.81. The van der Waals surface area contributed by atoms with E-state index < -0.39 is 17.9 Å². The van der Waals surface area contributed by atoms with Crippen molar-refractivity contribution in [3.63, 3.8) is 0 Å². The van der Waals surface area contributed by atoms with Crippen molar-refractivity contribution in [2.45, 2.75) is 5.92 Å². The number of phenols is 2. The topological polar surface area (TPSA) is 115 Å². The quantitative estimate of drug-likeness (QED) is 0.514. The van der Waals surface area contributed by atoms with E-state index in [0.29, 0.717) is 16.7 Å². The second kappa shape index (κ2) is 7.21. The normalized spacial score (nSPS) is 10.7. The highest BCUT2D eigenvalue weighted by Gasteiger charge is 2.24. The van der Waals surface area contributed by atoms with Gasteiger partial charge in [-0.15, -0.1) is 0 Å². The van der Waals surface area contributed by atoms with Crippen LogP contribution in [-0.4, -0.2) is 32.4 Å². The molecule has 27 heavy (non-hydrogen) atoms. The predicted octanol–water partition coefficient (Wildman–Crippen LogP) is 3.67. The van der Waals surface area contributed by atoms with Crippen LogP contribution >= 0.6 is 0 Å². The molecular weight excluding hydrogens is 348 g/mol. The van der Waals surface area contributed by atoms with Gasteiger partial charge in [0.1, 0.15) is 11.5 Å². The lowest BCUT2D eigenvalue weighted by Crippen LogP contribution is -2.12. The van der Waals surface area contributed by atoms with Crippen molar-refractivity contribution in [1.29, 1.82) is 0 Å². The average molecular weight is 364 g/mol. The minimum Gasteiger partial charge on any atom is -0.508 e. The molecule has 6 nitrogen and oxygen atoms in total. The summed E-state index contributed by atoms with van der Waals surface area (Å²) in [5.41, 5.74) is 1.59. The Morgan fingerprint density at radius 3 is 1.56 bits per heavy atom. The zero-order chi connectivity index (χ0) is 19.6. The van der Waals surface area contributed by atoms with E-state index in [2.05, 4.69) is 0 Å². The lowest BCUT2D eigenvalue weighted by molar-refractivity contribution is 0.0695. The minimum atomic E-state index is -1.24. The van der Waals surface area contributed by atoms with Crippen LogP contribution in [0.5, 0.6) is 11.5 Å². The summed E-state index contributed by atoms with van der Waals surface area (Å²) >= 11 is 0. The van der Waals surface area contributed by atoms with Gasteiger partial charge in [0.15, 0.2) is 0 Å². The monoisotopic (exact) mass is 364 g/mol. The van der Waals surface area contributed by atoms with E-state index in [9.17, 15) is 24.9 Å². The number of hydrogen-bond donors (Lipinski definition) is 4. The fraction of sp³-hybridized carbons (Fsp3) is 0.0476. The molecule has 3 aromatic carbocycles. The zero-order valence-electron chi connectivity index (χ0n) is 14.0. The summed E-state index contributed by atoms with van der Waals surface area (Å²) in [4.78, 5) is 23.0. The molecule has 0 aliphatic carbocycles. The Morgan fingerprint density at radius 2 is 1.15 bits per heavy atom. The Labute approximate surface area is 154 Å². The summed E-state index contributed by atoms with van der Waals surface area (Å²) < 4.78 is 0. The summed E-state index contributed by atoms with van der Waals surface area (Å²) in [5.74, 6) is -2.84. The molecule has 3 aromatic rings. The van der Waals surface area contributed by atoms with Crippen molar-refractivity contribution in [1.82, 2.24) is 0 Å². The minimum absolute atomic E-state index is 0.0721. The number of aromatic carboxylic acids is 2. The molecule has 0 unspecified atom stereocenters. The molecule has 6 heteroatoms. The molecule has 0 heterocycles. The molecule has 136 valence electrons. The third-order valence-electron chi connectivity index (χ3n) is 4.29. The van der Waals surface area contributed by atoms with E-state index in [4.69, 9.17) is 5.11 Å². The van der Waals surface area contributed by atoms with Crippen molar-refractivity contribution < 1.29 is 30.0 Å². The third kappa shape index (κ3) is 3.74. The van der Waals surface area contributed by atoms with Gasteiger partial charge in [-0.1, -0.05) is 30.3 Å². The van der Waals surface area contributed by atoms with Crippen molar-refractivity contribution >= 4 is 11.9 Å². The van der Waals surface area contributed by atoms with Crippen molar-refractivity contribution in [2.75, 3.05) is 0 Å². The van der Waals surface area contributed by atoms with E-state index >= 15 is 0 Å². The number of carboxylic acid groups (broad SMARTS) is 2. The zero-order valence-corrected chi connectivity index (χ0v) is 14.0. The summed E-state index contributed by atoms with van der Waals surface area (Å²) in [6, 6.07) is 16.6. The maximum absolute atomic E-state index is 11.8. The van der Waals surface area contributed by atoms with Crippen LogP contribution in [0.3, 0.4) is 0 Å². The Bertz CT molecular complexity index is 945. The summed E-state index contributed by atoms with van der Waals surface area (Å²) in [6.07, 6.45) is 0. The van der Waals surface area contributed by atoms with E-state index in [0.717, 1.165) is 6.07 Å². The standard InChI is InChI=1S/C21H16O6/c22-15-6-1-12(2-7-15)19(13-3-8-16(23)9-4-13)17-10-5-14(20(24)25)11-18(17)21(26)27/h1-11,19,22-23H,(H,24,25)(H,26,27). The second-order valence-electron chi connectivity index (χ2n) is 6.03. The first-order valence-electron chi connectivity index (χ1n) is 8.05. The second-order valence-corrected chi connectivity index (χ2v) is 6.03. The van der Waals surface area contributed by atoms with Crippen molar-refractivity contribution in [3.05, 3.63) is 94.5 Å². The van der Waals surface area contributed by atoms with Crippen LogP contribution in [0.2, 0.25) is 0 Å². The molecule has 0 aliphatic heterocycles. The maximum atomic E-state index is 11.8. The lowest BCUT2D eigenvalue weighted by atomic mass is 9.82. The van der Waals surface area contributed by atoms with Gasteiger partial charge in [-0.3, -0.25) is 0 Å². The highest BCUT2D eigenvalue weighted by Crippen LogP contribution is 2.35. The molecule has 0 fully saturated rings. The van der Waals surface area contributed by atoms with Gasteiger partial charge in [-0.25, -0.2) is 9.59 Å². The van der Waals surface area contributed by atoms with Crippen LogP contribution < -0.4 is 0 Å². The van der Waals surface area contributed by atoms with E-state index in [1.807, 2.05) is 0 Å². The van der Waals surface area contributed by atoms with Crippen LogP contribution in [0.15, 0.2) is 66.7 Å². The molecule has 4 N–H and O–H groups in total. The van der Waals surface area contributed by atoms with Crippen LogP contribution in [0.1, 0.15) is 43.3 Å². The van der Waals surface area contributed by atoms with Gasteiger partial charge < -0.3 is 20.4 Å². The Balaban J connectivity index is 2.24. The van der Waals surface area contributed by atoms with Crippen LogP contribution in [0.4, 0.5) is 0 Å². The van der Waals surface area contributed by atoms with Crippen molar-refractivity contribution in [2.24, 2.45) is 0 Å². The van der Waals surface area contributed by atoms with Gasteiger partial charge in [0.05, 0.1) is 11.1 Å². The highest BCUT2D eigenvalue weighted by molar-refractivity contribution is 5.95. The first-order chi connectivity index (χ1) is 12.9. The largest absolute Gasteiger partial charge is 0.508 e. The fourth-order valence-electron chi connectivity index (χ4n) is 3.01. The van der Waals surface area contributed by atoms with E-state index in [-0.39, 0.29) is 22.6 Å². The highest BCUT2D eigenvalue weighted by atomic mass is 16.4. The molecule has 0 saturated carbocycles. The Morgan fingerprint density at radius 1 is 0.667 bits per heavy atom.